The maximum Gasteiger partial charge on any atom is 0.0754 e. The van der Waals surface area contributed by atoms with E-state index in [1.807, 2.05) is 29.0 Å². The Morgan fingerprint density at radius 2 is 2.55 bits per heavy atom. The molecule has 0 N–H and O–H groups in total. The average Bonchev–Trinajstić information content (AvgIpc) is 2.39. The van der Waals surface area contributed by atoms with E-state index >= 15 is 0 Å². The topological polar surface area (TPSA) is 28.7 Å². The molecule has 0 bridgehead atoms. The molecule has 0 aliphatic heterocycles. The molecule has 1 aromatic heterocycles. The van der Waals surface area contributed by atoms with Crippen LogP contribution in [0.1, 0.15) is 5.69 Å². The maximum atomic E-state index is 8.44. The number of nitrogens with zero attached hydrogens (tertiary/aromatic N) is 2. The predicted molar refractivity (Wildman–Crippen MR) is 43.9 cm³/mol. The monoisotopic (exact) mass is 146 g/mol. The lowest BCUT2D eigenvalue weighted by molar-refractivity contribution is 0.784. The Kier molecular flexibility index (Phi) is 2.51. The smallest absolute Gasteiger partial charge is 0.0754 e. The zero-order chi connectivity index (χ0) is 8.10. The van der Waals surface area contributed by atoms with Crippen molar-refractivity contribution < 1.29 is 0 Å². The Bertz CT molecular complexity index is 278. The first kappa shape index (κ1) is 7.62. The molecule has 1 aromatic rings. The third kappa shape index (κ3) is 1.71. The van der Waals surface area contributed by atoms with Gasteiger partial charge in [-0.1, -0.05) is 6.08 Å². The SMILES string of the molecule is C=CCn1cccc1CC#N. The first-order valence-corrected chi connectivity index (χ1v) is 3.50. The Hall–Kier alpha value is -1.49. The van der Waals surface area contributed by atoms with E-state index in [9.17, 15) is 0 Å². The van der Waals surface area contributed by atoms with Crippen LogP contribution in [0.2, 0.25) is 0 Å². The second-order valence-corrected chi connectivity index (χ2v) is 2.28. The van der Waals surface area contributed by atoms with Gasteiger partial charge in [0.1, 0.15) is 0 Å². The molecule has 2 heteroatoms. The molecule has 0 radical (unpaired) electrons. The van der Waals surface area contributed by atoms with Crippen molar-refractivity contribution in [3.63, 3.8) is 0 Å². The van der Waals surface area contributed by atoms with Crippen LogP contribution in [0.4, 0.5) is 0 Å². The van der Waals surface area contributed by atoms with Gasteiger partial charge in [-0.15, -0.1) is 6.58 Å². The molecule has 1 heterocycles. The van der Waals surface area contributed by atoms with Crippen molar-refractivity contribution in [1.29, 1.82) is 5.26 Å². The molecule has 0 saturated carbocycles. The van der Waals surface area contributed by atoms with Crippen molar-refractivity contribution >= 4 is 0 Å². The number of hydrogen-bond donors (Lipinski definition) is 0. The summed E-state index contributed by atoms with van der Waals surface area (Å²) in [4.78, 5) is 0. The Labute approximate surface area is 66.4 Å². The fourth-order valence-electron chi connectivity index (χ4n) is 1.01. The van der Waals surface area contributed by atoms with Gasteiger partial charge in [-0.3, -0.25) is 0 Å². The van der Waals surface area contributed by atoms with Crippen molar-refractivity contribution in [2.45, 2.75) is 13.0 Å². The second-order valence-electron chi connectivity index (χ2n) is 2.28. The summed E-state index contributed by atoms with van der Waals surface area (Å²) in [5.41, 5.74) is 1.05. The molecule has 0 atom stereocenters. The van der Waals surface area contributed by atoms with Crippen molar-refractivity contribution in [2.75, 3.05) is 0 Å². The van der Waals surface area contributed by atoms with E-state index in [0.717, 1.165) is 12.2 Å². The van der Waals surface area contributed by atoms with Gasteiger partial charge in [0.15, 0.2) is 0 Å². The van der Waals surface area contributed by atoms with Crippen LogP contribution in [0.3, 0.4) is 0 Å². The molecular weight excluding hydrogens is 136 g/mol. The quantitative estimate of drug-likeness (QED) is 0.597. The van der Waals surface area contributed by atoms with Crippen LogP contribution < -0.4 is 0 Å². The van der Waals surface area contributed by atoms with E-state index in [-0.39, 0.29) is 0 Å². The first-order chi connectivity index (χ1) is 5.38. The van der Waals surface area contributed by atoms with Gasteiger partial charge >= 0.3 is 0 Å². The van der Waals surface area contributed by atoms with Gasteiger partial charge in [-0.05, 0) is 12.1 Å². The van der Waals surface area contributed by atoms with Crippen LogP contribution in [-0.4, -0.2) is 4.57 Å². The summed E-state index contributed by atoms with van der Waals surface area (Å²) in [6.07, 6.45) is 4.25. The number of allylic oxidation sites excluding steroid dienone is 1. The summed E-state index contributed by atoms with van der Waals surface area (Å²) >= 11 is 0. The van der Waals surface area contributed by atoms with Gasteiger partial charge in [0.2, 0.25) is 0 Å². The van der Waals surface area contributed by atoms with Crippen molar-refractivity contribution in [2.24, 2.45) is 0 Å². The number of aromatic nitrogens is 1. The normalized spacial score (nSPS) is 9.00. The standard InChI is InChI=1S/C9H10N2/c1-2-7-11-8-3-4-9(11)5-6-10/h2-4,8H,1,5,7H2. The van der Waals surface area contributed by atoms with Crippen molar-refractivity contribution in [1.82, 2.24) is 4.57 Å². The minimum atomic E-state index is 0.473. The molecule has 0 aliphatic carbocycles. The number of rotatable bonds is 3. The lowest BCUT2D eigenvalue weighted by atomic mass is 10.3. The fraction of sp³-hybridized carbons (Fsp3) is 0.222. The Balaban J connectivity index is 2.79. The van der Waals surface area contributed by atoms with Gasteiger partial charge in [0, 0.05) is 18.4 Å². The largest absolute Gasteiger partial charge is 0.347 e. The lowest BCUT2D eigenvalue weighted by Gasteiger charge is -2.00. The highest BCUT2D eigenvalue weighted by atomic mass is 15.0. The average molecular weight is 146 g/mol. The molecule has 0 unspecified atom stereocenters. The molecule has 0 spiro atoms. The van der Waals surface area contributed by atoms with E-state index in [4.69, 9.17) is 5.26 Å². The number of hydrogen-bond acceptors (Lipinski definition) is 1. The zero-order valence-corrected chi connectivity index (χ0v) is 6.33. The van der Waals surface area contributed by atoms with Crippen molar-refractivity contribution in [3.05, 3.63) is 36.7 Å². The molecule has 11 heavy (non-hydrogen) atoms. The van der Waals surface area contributed by atoms with Crippen LogP contribution in [-0.2, 0) is 13.0 Å². The van der Waals surface area contributed by atoms with Crippen LogP contribution in [0, 0.1) is 11.3 Å². The number of nitriles is 1. The van der Waals surface area contributed by atoms with E-state index in [0.29, 0.717) is 6.42 Å². The minimum absolute atomic E-state index is 0.473. The molecule has 0 saturated heterocycles. The van der Waals surface area contributed by atoms with Gasteiger partial charge in [-0.2, -0.15) is 5.26 Å². The third-order valence-corrected chi connectivity index (χ3v) is 1.51. The summed E-state index contributed by atoms with van der Waals surface area (Å²) in [6.45, 7) is 4.41. The highest BCUT2D eigenvalue weighted by molar-refractivity contribution is 5.11. The van der Waals surface area contributed by atoms with Crippen LogP contribution in [0.25, 0.3) is 0 Å². The fourth-order valence-corrected chi connectivity index (χ4v) is 1.01. The summed E-state index contributed by atoms with van der Waals surface area (Å²) in [6, 6.07) is 6.01. The maximum absolute atomic E-state index is 8.44. The molecule has 0 fully saturated rings. The molecular formula is C9H10N2. The third-order valence-electron chi connectivity index (χ3n) is 1.51. The molecule has 2 nitrogen and oxygen atoms in total. The van der Waals surface area contributed by atoms with E-state index in [2.05, 4.69) is 12.6 Å². The van der Waals surface area contributed by atoms with Gasteiger partial charge in [-0.25, -0.2) is 0 Å². The molecule has 0 amide bonds. The second kappa shape index (κ2) is 3.62. The van der Waals surface area contributed by atoms with Crippen molar-refractivity contribution in [3.8, 4) is 6.07 Å². The lowest BCUT2D eigenvalue weighted by Crippen LogP contribution is -1.98. The van der Waals surface area contributed by atoms with Crippen LogP contribution >= 0.6 is 0 Å². The predicted octanol–water partition coefficient (Wildman–Crippen LogP) is 1.74. The van der Waals surface area contributed by atoms with E-state index in [1.54, 1.807) is 0 Å². The Morgan fingerprint density at radius 3 is 3.18 bits per heavy atom. The molecule has 0 aromatic carbocycles. The summed E-state index contributed by atoms with van der Waals surface area (Å²) < 4.78 is 2.01. The van der Waals surface area contributed by atoms with Gasteiger partial charge < -0.3 is 4.57 Å². The van der Waals surface area contributed by atoms with Gasteiger partial charge in [0.05, 0.1) is 12.5 Å². The summed E-state index contributed by atoms with van der Waals surface area (Å²) in [5.74, 6) is 0. The molecule has 1 rings (SSSR count). The molecule has 56 valence electrons. The van der Waals surface area contributed by atoms with Crippen LogP contribution in [0.5, 0.6) is 0 Å². The molecule has 0 aliphatic rings. The Morgan fingerprint density at radius 1 is 1.73 bits per heavy atom. The van der Waals surface area contributed by atoms with E-state index in [1.165, 1.54) is 0 Å². The zero-order valence-electron chi connectivity index (χ0n) is 6.33. The highest BCUT2D eigenvalue weighted by Gasteiger charge is 1.96. The van der Waals surface area contributed by atoms with E-state index < -0.39 is 0 Å². The summed E-state index contributed by atoms with van der Waals surface area (Å²) in [5, 5.41) is 8.44. The first-order valence-electron chi connectivity index (χ1n) is 3.50. The minimum Gasteiger partial charge on any atom is -0.347 e. The summed E-state index contributed by atoms with van der Waals surface area (Å²) in [7, 11) is 0. The van der Waals surface area contributed by atoms with Crippen LogP contribution in [0.15, 0.2) is 31.0 Å². The van der Waals surface area contributed by atoms with Gasteiger partial charge in [0.25, 0.3) is 0 Å². The highest BCUT2D eigenvalue weighted by Crippen LogP contribution is 2.02.